The van der Waals surface area contributed by atoms with Gasteiger partial charge < -0.3 is 15.1 Å². The van der Waals surface area contributed by atoms with Crippen LogP contribution in [0, 0.1) is 0 Å². The molecule has 0 spiro atoms. The van der Waals surface area contributed by atoms with Gasteiger partial charge in [0.05, 0.1) is 0 Å². The molecule has 1 fully saturated rings. The van der Waals surface area contributed by atoms with E-state index in [2.05, 4.69) is 43.1 Å². The summed E-state index contributed by atoms with van der Waals surface area (Å²) in [6, 6.07) is 1.45. The van der Waals surface area contributed by atoms with Gasteiger partial charge in [0.2, 0.25) is 0 Å². The van der Waals surface area contributed by atoms with E-state index in [0.717, 1.165) is 12.6 Å². The van der Waals surface area contributed by atoms with E-state index in [9.17, 15) is 0 Å². The number of hydrogen-bond donors (Lipinski definition) is 1. The van der Waals surface area contributed by atoms with Gasteiger partial charge in [-0.1, -0.05) is 6.92 Å². The van der Waals surface area contributed by atoms with Gasteiger partial charge in [-0.2, -0.15) is 0 Å². The number of piperidine rings is 1. The fourth-order valence-electron chi connectivity index (χ4n) is 2.73. The van der Waals surface area contributed by atoms with Gasteiger partial charge in [0.25, 0.3) is 0 Å². The third-order valence-corrected chi connectivity index (χ3v) is 3.87. The predicted molar refractivity (Wildman–Crippen MR) is 75.5 cm³/mol. The molecule has 1 aliphatic heterocycles. The summed E-state index contributed by atoms with van der Waals surface area (Å²) in [7, 11) is 4.42. The number of nitrogens with zero attached hydrogens (tertiary/aromatic N) is 2. The fraction of sp³-hybridized carbons (Fsp3) is 1.00. The first-order valence-electron chi connectivity index (χ1n) is 7.25. The van der Waals surface area contributed by atoms with Crippen molar-refractivity contribution in [2.45, 2.75) is 51.6 Å². The van der Waals surface area contributed by atoms with Crippen LogP contribution >= 0.6 is 0 Å². The Balaban J connectivity index is 2.14. The molecule has 1 rings (SSSR count). The van der Waals surface area contributed by atoms with Gasteiger partial charge in [0.15, 0.2) is 0 Å². The summed E-state index contributed by atoms with van der Waals surface area (Å²) in [5, 5.41) is 3.48. The summed E-state index contributed by atoms with van der Waals surface area (Å²) < 4.78 is 0. The van der Waals surface area contributed by atoms with E-state index in [0.29, 0.717) is 6.04 Å². The normalized spacial score (nSPS) is 24.2. The molecule has 17 heavy (non-hydrogen) atoms. The first-order valence-corrected chi connectivity index (χ1v) is 7.25. The highest BCUT2D eigenvalue weighted by molar-refractivity contribution is 4.78. The molecule has 0 aromatic heterocycles. The fourth-order valence-corrected chi connectivity index (χ4v) is 2.73. The van der Waals surface area contributed by atoms with E-state index in [1.165, 1.54) is 45.3 Å². The van der Waals surface area contributed by atoms with Crippen molar-refractivity contribution in [3.8, 4) is 0 Å². The molecule has 102 valence electrons. The molecule has 3 heteroatoms. The highest BCUT2D eigenvalue weighted by Crippen LogP contribution is 2.14. The number of rotatable bonds is 7. The van der Waals surface area contributed by atoms with E-state index < -0.39 is 0 Å². The molecule has 1 heterocycles. The minimum atomic E-state index is 0.675. The topological polar surface area (TPSA) is 18.5 Å². The van der Waals surface area contributed by atoms with E-state index >= 15 is 0 Å². The van der Waals surface area contributed by atoms with E-state index in [4.69, 9.17) is 0 Å². The Morgan fingerprint density at radius 2 is 2.18 bits per heavy atom. The van der Waals surface area contributed by atoms with Crippen LogP contribution in [0.15, 0.2) is 0 Å². The average molecular weight is 241 g/mol. The van der Waals surface area contributed by atoms with Crippen LogP contribution in [0.3, 0.4) is 0 Å². The number of likely N-dealkylation sites (tertiary alicyclic amines) is 1. The van der Waals surface area contributed by atoms with Crippen LogP contribution < -0.4 is 5.32 Å². The van der Waals surface area contributed by atoms with Crippen LogP contribution in [0.2, 0.25) is 0 Å². The Bertz CT molecular complexity index is 194. The Morgan fingerprint density at radius 3 is 2.82 bits per heavy atom. The van der Waals surface area contributed by atoms with Crippen molar-refractivity contribution in [2.75, 3.05) is 40.3 Å². The van der Waals surface area contributed by atoms with Crippen LogP contribution in [-0.2, 0) is 0 Å². The summed E-state index contributed by atoms with van der Waals surface area (Å²) in [6.07, 6.45) is 5.37. The number of hydrogen-bond acceptors (Lipinski definition) is 3. The smallest absolute Gasteiger partial charge is 0.0217 e. The third-order valence-electron chi connectivity index (χ3n) is 3.87. The van der Waals surface area contributed by atoms with Gasteiger partial charge in [0.1, 0.15) is 0 Å². The van der Waals surface area contributed by atoms with E-state index in [1.54, 1.807) is 0 Å². The molecular formula is C14H31N3. The Kier molecular flexibility index (Phi) is 7.09. The van der Waals surface area contributed by atoms with Crippen LogP contribution in [0.4, 0.5) is 0 Å². The minimum Gasteiger partial charge on any atom is -0.315 e. The van der Waals surface area contributed by atoms with Crippen molar-refractivity contribution in [1.82, 2.24) is 15.1 Å². The van der Waals surface area contributed by atoms with Crippen molar-refractivity contribution in [2.24, 2.45) is 0 Å². The molecule has 3 nitrogen and oxygen atoms in total. The zero-order valence-electron chi connectivity index (χ0n) is 12.2. The summed E-state index contributed by atoms with van der Waals surface area (Å²) >= 11 is 0. The van der Waals surface area contributed by atoms with Crippen LogP contribution in [0.5, 0.6) is 0 Å². The molecule has 1 aliphatic rings. The molecule has 2 unspecified atom stereocenters. The van der Waals surface area contributed by atoms with Crippen LogP contribution in [-0.4, -0.2) is 62.2 Å². The monoisotopic (exact) mass is 241 g/mol. The summed E-state index contributed by atoms with van der Waals surface area (Å²) in [5.41, 5.74) is 0. The van der Waals surface area contributed by atoms with E-state index in [-0.39, 0.29) is 0 Å². The van der Waals surface area contributed by atoms with E-state index in [1.807, 2.05) is 0 Å². The first kappa shape index (κ1) is 14.9. The number of likely N-dealkylation sites (N-methyl/N-ethyl adjacent to an activating group) is 1. The molecule has 0 bridgehead atoms. The number of nitrogens with one attached hydrogen (secondary N) is 1. The lowest BCUT2D eigenvalue weighted by Gasteiger charge is -2.36. The SMILES string of the molecule is CCNC(C)CCCN1CCCC(N(C)C)C1. The summed E-state index contributed by atoms with van der Waals surface area (Å²) in [6.45, 7) is 9.42. The molecule has 1 saturated heterocycles. The Hall–Kier alpha value is -0.120. The molecule has 0 saturated carbocycles. The largest absolute Gasteiger partial charge is 0.315 e. The van der Waals surface area contributed by atoms with Crippen molar-refractivity contribution >= 4 is 0 Å². The lowest BCUT2D eigenvalue weighted by Crippen LogP contribution is -2.45. The maximum atomic E-state index is 3.48. The van der Waals surface area contributed by atoms with Crippen molar-refractivity contribution in [3.05, 3.63) is 0 Å². The van der Waals surface area contributed by atoms with Crippen LogP contribution in [0.1, 0.15) is 39.5 Å². The average Bonchev–Trinajstić information content (AvgIpc) is 2.30. The van der Waals surface area contributed by atoms with Gasteiger partial charge in [-0.3, -0.25) is 0 Å². The summed E-state index contributed by atoms with van der Waals surface area (Å²) in [4.78, 5) is 5.03. The predicted octanol–water partition coefficient (Wildman–Crippen LogP) is 1.79. The molecule has 1 N–H and O–H groups in total. The Labute approximate surface area is 108 Å². The highest BCUT2D eigenvalue weighted by Gasteiger charge is 2.20. The van der Waals surface area contributed by atoms with Crippen molar-refractivity contribution in [3.63, 3.8) is 0 Å². The minimum absolute atomic E-state index is 0.675. The summed E-state index contributed by atoms with van der Waals surface area (Å²) in [5.74, 6) is 0. The zero-order valence-corrected chi connectivity index (χ0v) is 12.2. The third kappa shape index (κ3) is 5.84. The Morgan fingerprint density at radius 1 is 1.41 bits per heavy atom. The first-order chi connectivity index (χ1) is 8.13. The van der Waals surface area contributed by atoms with Crippen molar-refractivity contribution in [1.29, 1.82) is 0 Å². The maximum absolute atomic E-state index is 3.48. The van der Waals surface area contributed by atoms with Crippen molar-refractivity contribution < 1.29 is 0 Å². The van der Waals surface area contributed by atoms with Gasteiger partial charge in [-0.15, -0.1) is 0 Å². The molecule has 0 aromatic carbocycles. The van der Waals surface area contributed by atoms with Crippen LogP contribution in [0.25, 0.3) is 0 Å². The second-order valence-corrected chi connectivity index (χ2v) is 5.66. The van der Waals surface area contributed by atoms with Gasteiger partial charge in [-0.25, -0.2) is 0 Å². The zero-order chi connectivity index (χ0) is 12.7. The van der Waals surface area contributed by atoms with Gasteiger partial charge >= 0.3 is 0 Å². The second kappa shape index (κ2) is 8.06. The molecular weight excluding hydrogens is 210 g/mol. The molecule has 2 atom stereocenters. The highest BCUT2D eigenvalue weighted by atomic mass is 15.2. The standard InChI is InChI=1S/C14H31N3/c1-5-15-13(2)8-6-10-17-11-7-9-14(12-17)16(3)4/h13-15H,5-12H2,1-4H3. The lowest BCUT2D eigenvalue weighted by atomic mass is 10.0. The quantitative estimate of drug-likeness (QED) is 0.733. The molecule has 0 radical (unpaired) electrons. The van der Waals surface area contributed by atoms with Gasteiger partial charge in [0, 0.05) is 18.6 Å². The maximum Gasteiger partial charge on any atom is 0.0217 e. The second-order valence-electron chi connectivity index (χ2n) is 5.66. The molecule has 0 amide bonds. The lowest BCUT2D eigenvalue weighted by molar-refractivity contribution is 0.131. The molecule has 0 aromatic rings. The van der Waals surface area contributed by atoms with Gasteiger partial charge in [-0.05, 0) is 66.3 Å². The molecule has 0 aliphatic carbocycles.